The van der Waals surface area contributed by atoms with Crippen LogP contribution in [-0.2, 0) is 9.47 Å². The van der Waals surface area contributed by atoms with Gasteiger partial charge in [-0.2, -0.15) is 0 Å². The lowest BCUT2D eigenvalue weighted by molar-refractivity contribution is 0.0825. The van der Waals surface area contributed by atoms with Gasteiger partial charge in [-0.15, -0.1) is 0 Å². The van der Waals surface area contributed by atoms with Crippen molar-refractivity contribution in [3.8, 4) is 0 Å². The van der Waals surface area contributed by atoms with Crippen molar-refractivity contribution in [1.82, 2.24) is 5.32 Å². The summed E-state index contributed by atoms with van der Waals surface area (Å²) in [5.41, 5.74) is 0.311. The van der Waals surface area contributed by atoms with E-state index in [0.29, 0.717) is 11.5 Å². The van der Waals surface area contributed by atoms with Gasteiger partial charge in [0.1, 0.15) is 0 Å². The Kier molecular flexibility index (Phi) is 8.90. The second-order valence-electron chi connectivity index (χ2n) is 5.41. The van der Waals surface area contributed by atoms with Gasteiger partial charge in [-0.05, 0) is 18.3 Å². The molecular weight excluding hydrogens is 202 g/mol. The van der Waals surface area contributed by atoms with Crippen LogP contribution in [0, 0.1) is 5.41 Å². The summed E-state index contributed by atoms with van der Waals surface area (Å²) in [6.07, 6.45) is 2.08. The molecule has 0 aromatic carbocycles. The van der Waals surface area contributed by atoms with E-state index in [4.69, 9.17) is 9.47 Å². The molecule has 0 aromatic rings. The first-order valence-corrected chi connectivity index (χ1v) is 6.28. The average molecular weight is 231 g/mol. The van der Waals surface area contributed by atoms with Crippen LogP contribution in [0.1, 0.15) is 40.5 Å². The van der Waals surface area contributed by atoms with Crippen molar-refractivity contribution in [2.45, 2.75) is 46.6 Å². The Morgan fingerprint density at radius 2 is 1.81 bits per heavy atom. The minimum Gasteiger partial charge on any atom is -0.385 e. The third-order valence-corrected chi connectivity index (χ3v) is 2.55. The fourth-order valence-electron chi connectivity index (χ4n) is 1.32. The predicted molar refractivity (Wildman–Crippen MR) is 68.8 cm³/mol. The summed E-state index contributed by atoms with van der Waals surface area (Å²) in [6.45, 7) is 12.4. The molecule has 0 saturated carbocycles. The SMILES string of the molecule is COCCCOCCC(C)(C)CNC(C)C. The molecule has 3 heteroatoms. The van der Waals surface area contributed by atoms with Gasteiger partial charge in [0.05, 0.1) is 0 Å². The first-order chi connectivity index (χ1) is 7.48. The van der Waals surface area contributed by atoms with Gasteiger partial charge in [-0.25, -0.2) is 0 Å². The average Bonchev–Trinajstić information content (AvgIpc) is 2.21. The van der Waals surface area contributed by atoms with Gasteiger partial charge >= 0.3 is 0 Å². The van der Waals surface area contributed by atoms with Gasteiger partial charge in [0.2, 0.25) is 0 Å². The molecule has 0 radical (unpaired) electrons. The molecule has 0 amide bonds. The zero-order valence-electron chi connectivity index (χ0n) is 11.6. The molecule has 98 valence electrons. The van der Waals surface area contributed by atoms with E-state index in [1.165, 1.54) is 0 Å². The molecule has 0 fully saturated rings. The monoisotopic (exact) mass is 231 g/mol. The zero-order chi connectivity index (χ0) is 12.4. The van der Waals surface area contributed by atoms with E-state index in [9.17, 15) is 0 Å². The van der Waals surface area contributed by atoms with E-state index < -0.39 is 0 Å². The molecule has 0 atom stereocenters. The smallest absolute Gasteiger partial charge is 0.0487 e. The maximum Gasteiger partial charge on any atom is 0.0487 e. The van der Waals surface area contributed by atoms with Crippen molar-refractivity contribution >= 4 is 0 Å². The number of methoxy groups -OCH3 is 1. The highest BCUT2D eigenvalue weighted by molar-refractivity contribution is 4.72. The third kappa shape index (κ3) is 10.4. The molecule has 0 aromatic heterocycles. The van der Waals surface area contributed by atoms with E-state index in [-0.39, 0.29) is 0 Å². The Morgan fingerprint density at radius 3 is 2.38 bits per heavy atom. The van der Waals surface area contributed by atoms with Crippen LogP contribution < -0.4 is 5.32 Å². The molecule has 0 aliphatic carbocycles. The zero-order valence-corrected chi connectivity index (χ0v) is 11.6. The van der Waals surface area contributed by atoms with E-state index >= 15 is 0 Å². The third-order valence-electron chi connectivity index (χ3n) is 2.55. The first kappa shape index (κ1) is 15.9. The van der Waals surface area contributed by atoms with Crippen LogP contribution in [0.15, 0.2) is 0 Å². The molecule has 0 spiro atoms. The molecule has 16 heavy (non-hydrogen) atoms. The van der Waals surface area contributed by atoms with Crippen LogP contribution in [0.25, 0.3) is 0 Å². The van der Waals surface area contributed by atoms with Gasteiger partial charge in [-0.3, -0.25) is 0 Å². The van der Waals surface area contributed by atoms with Crippen molar-refractivity contribution in [2.75, 3.05) is 33.5 Å². The van der Waals surface area contributed by atoms with Gasteiger partial charge in [0.15, 0.2) is 0 Å². The van der Waals surface area contributed by atoms with Crippen LogP contribution in [0.4, 0.5) is 0 Å². The molecule has 0 unspecified atom stereocenters. The van der Waals surface area contributed by atoms with Crippen LogP contribution in [-0.4, -0.2) is 39.5 Å². The molecule has 0 bridgehead atoms. The highest BCUT2D eigenvalue weighted by atomic mass is 16.5. The molecule has 0 saturated heterocycles. The number of rotatable bonds is 10. The van der Waals surface area contributed by atoms with E-state index in [0.717, 1.165) is 39.2 Å². The highest BCUT2D eigenvalue weighted by Gasteiger charge is 2.17. The van der Waals surface area contributed by atoms with E-state index in [1.54, 1.807) is 7.11 Å². The number of hydrogen-bond donors (Lipinski definition) is 1. The summed E-state index contributed by atoms with van der Waals surface area (Å²) >= 11 is 0. The van der Waals surface area contributed by atoms with Crippen LogP contribution in [0.2, 0.25) is 0 Å². The largest absolute Gasteiger partial charge is 0.385 e. The van der Waals surface area contributed by atoms with Crippen molar-refractivity contribution in [3.63, 3.8) is 0 Å². The molecule has 0 rings (SSSR count). The highest BCUT2D eigenvalue weighted by Crippen LogP contribution is 2.19. The van der Waals surface area contributed by atoms with E-state index in [2.05, 4.69) is 33.0 Å². The molecule has 0 aliphatic heterocycles. The summed E-state index contributed by atoms with van der Waals surface area (Å²) < 4.78 is 10.5. The van der Waals surface area contributed by atoms with Crippen LogP contribution in [0.3, 0.4) is 0 Å². The Labute approximate surface area is 101 Å². The Morgan fingerprint density at radius 1 is 1.12 bits per heavy atom. The topological polar surface area (TPSA) is 30.5 Å². The normalized spacial score (nSPS) is 12.4. The lowest BCUT2D eigenvalue weighted by Gasteiger charge is -2.26. The Bertz CT molecular complexity index is 158. The summed E-state index contributed by atoms with van der Waals surface area (Å²) in [4.78, 5) is 0. The molecular formula is C13H29NO2. The second kappa shape index (κ2) is 8.97. The van der Waals surface area contributed by atoms with Gasteiger partial charge < -0.3 is 14.8 Å². The fourth-order valence-corrected chi connectivity index (χ4v) is 1.32. The van der Waals surface area contributed by atoms with Crippen LogP contribution in [0.5, 0.6) is 0 Å². The van der Waals surface area contributed by atoms with Crippen molar-refractivity contribution in [3.05, 3.63) is 0 Å². The Balaban J connectivity index is 3.42. The van der Waals surface area contributed by atoms with Crippen molar-refractivity contribution in [1.29, 1.82) is 0 Å². The standard InChI is InChI=1S/C13H29NO2/c1-12(2)14-11-13(3,4)7-10-16-9-6-8-15-5/h12,14H,6-11H2,1-5H3. The van der Waals surface area contributed by atoms with Gasteiger partial charge in [0.25, 0.3) is 0 Å². The summed E-state index contributed by atoms with van der Waals surface area (Å²) in [6, 6.07) is 0.557. The predicted octanol–water partition coefficient (Wildman–Crippen LogP) is 2.45. The number of hydrogen-bond acceptors (Lipinski definition) is 3. The lowest BCUT2D eigenvalue weighted by atomic mass is 9.89. The second-order valence-corrected chi connectivity index (χ2v) is 5.41. The number of nitrogens with one attached hydrogen (secondary N) is 1. The summed E-state index contributed by atoms with van der Waals surface area (Å²) in [5.74, 6) is 0. The molecule has 3 nitrogen and oxygen atoms in total. The minimum atomic E-state index is 0.311. The maximum atomic E-state index is 5.57. The summed E-state index contributed by atoms with van der Waals surface area (Å²) in [5, 5.41) is 3.47. The van der Waals surface area contributed by atoms with Crippen molar-refractivity contribution < 1.29 is 9.47 Å². The lowest BCUT2D eigenvalue weighted by Crippen LogP contribution is -2.34. The summed E-state index contributed by atoms with van der Waals surface area (Å²) in [7, 11) is 1.72. The first-order valence-electron chi connectivity index (χ1n) is 6.28. The molecule has 0 aliphatic rings. The maximum absolute atomic E-state index is 5.57. The van der Waals surface area contributed by atoms with Crippen molar-refractivity contribution in [2.24, 2.45) is 5.41 Å². The van der Waals surface area contributed by atoms with E-state index in [1.807, 2.05) is 0 Å². The fraction of sp³-hybridized carbons (Fsp3) is 1.00. The molecule has 1 N–H and O–H groups in total. The van der Waals surface area contributed by atoms with Gasteiger partial charge in [0, 0.05) is 39.5 Å². The quantitative estimate of drug-likeness (QED) is 0.586. The number of ether oxygens (including phenoxy) is 2. The minimum absolute atomic E-state index is 0.311. The van der Waals surface area contributed by atoms with Crippen LogP contribution >= 0.6 is 0 Å². The molecule has 0 heterocycles. The Hall–Kier alpha value is -0.120. The van der Waals surface area contributed by atoms with Gasteiger partial charge in [-0.1, -0.05) is 27.7 Å².